The SMILES string of the molecule is O=C1[C@H]2[C@@H]3C=C[C@@H](C4=C(c5ccccc5)C[C@@H]5C(=O)N(c6ccc(Cl)cc6)C(=O)[C@H]5[C@H]43)[C@H]2C(=O)N1c1ccc(Cl)cc1. The summed E-state index contributed by atoms with van der Waals surface area (Å²) < 4.78 is 0. The number of rotatable bonds is 3. The van der Waals surface area contributed by atoms with Crippen LogP contribution in [0.5, 0.6) is 0 Å². The maximum atomic E-state index is 14.2. The van der Waals surface area contributed by atoms with E-state index in [2.05, 4.69) is 6.08 Å². The Hall–Kier alpha value is -4.00. The van der Waals surface area contributed by atoms with E-state index in [0.717, 1.165) is 16.7 Å². The monoisotopic (exact) mass is 594 g/mol. The molecule has 42 heavy (non-hydrogen) atoms. The summed E-state index contributed by atoms with van der Waals surface area (Å²) in [6.07, 6.45) is 4.46. The lowest BCUT2D eigenvalue weighted by atomic mass is 9.49. The number of hydrogen-bond donors (Lipinski definition) is 0. The largest absolute Gasteiger partial charge is 0.274 e. The summed E-state index contributed by atoms with van der Waals surface area (Å²) in [7, 11) is 0. The molecule has 0 N–H and O–H groups in total. The topological polar surface area (TPSA) is 74.8 Å². The van der Waals surface area contributed by atoms with Crippen molar-refractivity contribution in [3.63, 3.8) is 0 Å². The van der Waals surface area contributed by atoms with Gasteiger partial charge in [0.05, 0.1) is 35.0 Å². The van der Waals surface area contributed by atoms with E-state index in [1.807, 2.05) is 36.4 Å². The number of imide groups is 2. The van der Waals surface area contributed by atoms with Gasteiger partial charge in [-0.3, -0.25) is 29.0 Å². The highest BCUT2D eigenvalue weighted by molar-refractivity contribution is 6.31. The van der Waals surface area contributed by atoms with Gasteiger partial charge in [0.15, 0.2) is 0 Å². The molecule has 208 valence electrons. The van der Waals surface area contributed by atoms with Crippen molar-refractivity contribution in [2.24, 2.45) is 41.4 Å². The molecule has 4 amide bonds. The zero-order valence-electron chi connectivity index (χ0n) is 22.2. The van der Waals surface area contributed by atoms with Crippen LogP contribution in [-0.2, 0) is 19.2 Å². The minimum absolute atomic E-state index is 0.233. The van der Waals surface area contributed by atoms with Crippen LogP contribution >= 0.6 is 23.2 Å². The molecule has 0 spiro atoms. The van der Waals surface area contributed by atoms with E-state index < -0.39 is 29.6 Å². The molecule has 8 heteroatoms. The number of allylic oxidation sites excluding steroid dienone is 4. The zero-order chi connectivity index (χ0) is 28.9. The molecule has 9 rings (SSSR count). The average Bonchev–Trinajstić information content (AvgIpc) is 3.43. The molecule has 0 aromatic heterocycles. The first-order chi connectivity index (χ1) is 20.3. The summed E-state index contributed by atoms with van der Waals surface area (Å²) in [5.74, 6) is -4.47. The lowest BCUT2D eigenvalue weighted by Gasteiger charge is -2.51. The lowest BCUT2D eigenvalue weighted by molar-refractivity contribution is -0.129. The van der Waals surface area contributed by atoms with Gasteiger partial charge in [0, 0.05) is 21.9 Å². The first kappa shape index (κ1) is 25.7. The van der Waals surface area contributed by atoms with E-state index in [4.69, 9.17) is 23.2 Å². The summed E-state index contributed by atoms with van der Waals surface area (Å²) in [5, 5.41) is 1.03. The predicted octanol–water partition coefficient (Wildman–Crippen LogP) is 6.19. The molecule has 2 aliphatic heterocycles. The van der Waals surface area contributed by atoms with Gasteiger partial charge in [0.2, 0.25) is 23.6 Å². The summed E-state index contributed by atoms with van der Waals surface area (Å²) in [6.45, 7) is 0. The van der Waals surface area contributed by atoms with Crippen molar-refractivity contribution in [2.75, 3.05) is 9.80 Å². The summed E-state index contributed by atoms with van der Waals surface area (Å²) in [6, 6.07) is 23.3. The van der Waals surface area contributed by atoms with E-state index in [-0.39, 0.29) is 35.5 Å². The van der Waals surface area contributed by atoms with Crippen LogP contribution in [0.4, 0.5) is 11.4 Å². The van der Waals surface area contributed by atoms with Crippen molar-refractivity contribution < 1.29 is 19.2 Å². The Labute approximate surface area is 252 Å². The maximum absolute atomic E-state index is 14.2. The number of fused-ring (bicyclic) bond motifs is 1. The van der Waals surface area contributed by atoms with Crippen molar-refractivity contribution >= 4 is 63.8 Å². The van der Waals surface area contributed by atoms with E-state index >= 15 is 0 Å². The molecule has 2 bridgehead atoms. The number of halogens is 2. The summed E-state index contributed by atoms with van der Waals surface area (Å²) >= 11 is 12.2. The van der Waals surface area contributed by atoms with Gasteiger partial charge in [-0.15, -0.1) is 0 Å². The fourth-order valence-corrected chi connectivity index (χ4v) is 8.46. The molecular formula is C34H24Cl2N2O4. The first-order valence-corrected chi connectivity index (χ1v) is 14.8. The van der Waals surface area contributed by atoms with Crippen molar-refractivity contribution in [3.05, 3.63) is 112 Å². The minimum atomic E-state index is -0.624. The highest BCUT2D eigenvalue weighted by Gasteiger charge is 2.67. The van der Waals surface area contributed by atoms with Crippen LogP contribution in [0.15, 0.2) is 96.6 Å². The number of hydrogen-bond acceptors (Lipinski definition) is 4. The second kappa shape index (κ2) is 9.25. The molecule has 0 radical (unpaired) electrons. The average molecular weight is 595 g/mol. The van der Waals surface area contributed by atoms with Gasteiger partial charge < -0.3 is 0 Å². The molecule has 4 aliphatic carbocycles. The van der Waals surface area contributed by atoms with Crippen LogP contribution in [0.1, 0.15) is 12.0 Å². The molecular weight excluding hydrogens is 571 g/mol. The normalized spacial score (nSPS) is 31.1. The standard InChI is InChI=1S/C34H24Cl2N2O4/c35-18-6-10-20(11-7-18)37-31(39)25-16-24(17-4-2-1-3-5-17)26-22-14-15-23(27(26)30(25)34(37)42)29-28(22)32(40)38(33(29)41)21-12-8-19(36)9-13-21/h1-15,22-23,25,27-30H,16H2/t22-,23+,25-,27-,28+,29-,30+/m0/s1. The van der Waals surface area contributed by atoms with E-state index in [9.17, 15) is 19.2 Å². The Bertz CT molecular complexity index is 1750. The Morgan fingerprint density at radius 1 is 0.571 bits per heavy atom. The number of carbonyl (C=O) groups is 4. The molecule has 1 saturated carbocycles. The first-order valence-electron chi connectivity index (χ1n) is 14.1. The van der Waals surface area contributed by atoms with Crippen molar-refractivity contribution in [2.45, 2.75) is 6.42 Å². The molecule has 0 unspecified atom stereocenters. The van der Waals surface area contributed by atoms with Gasteiger partial charge in [0.25, 0.3) is 0 Å². The second-order valence-electron chi connectivity index (χ2n) is 11.7. The number of anilines is 2. The number of amides is 4. The van der Waals surface area contributed by atoms with E-state index in [0.29, 0.717) is 27.8 Å². The van der Waals surface area contributed by atoms with Gasteiger partial charge in [-0.2, -0.15) is 0 Å². The molecule has 2 heterocycles. The molecule has 3 fully saturated rings. The van der Waals surface area contributed by atoms with Crippen LogP contribution in [0.3, 0.4) is 0 Å². The van der Waals surface area contributed by atoms with Crippen LogP contribution in [0, 0.1) is 41.4 Å². The summed E-state index contributed by atoms with van der Waals surface area (Å²) in [5.41, 5.74) is 3.98. The number of benzene rings is 3. The second-order valence-corrected chi connectivity index (χ2v) is 12.6. The Morgan fingerprint density at radius 3 is 1.74 bits per heavy atom. The zero-order valence-corrected chi connectivity index (χ0v) is 23.7. The molecule has 3 aromatic carbocycles. The Kier molecular flexibility index (Phi) is 5.66. The summed E-state index contributed by atoms with van der Waals surface area (Å²) in [4.78, 5) is 58.9. The van der Waals surface area contributed by atoms with Crippen LogP contribution in [-0.4, -0.2) is 23.6 Å². The van der Waals surface area contributed by atoms with E-state index in [1.165, 1.54) is 9.80 Å². The highest BCUT2D eigenvalue weighted by atomic mass is 35.5. The van der Waals surface area contributed by atoms with Crippen molar-refractivity contribution in [1.29, 1.82) is 0 Å². The predicted molar refractivity (Wildman–Crippen MR) is 159 cm³/mol. The molecule has 3 aromatic rings. The molecule has 6 nitrogen and oxygen atoms in total. The van der Waals surface area contributed by atoms with Crippen LogP contribution in [0.2, 0.25) is 10.0 Å². The van der Waals surface area contributed by atoms with Crippen LogP contribution < -0.4 is 9.80 Å². The quantitative estimate of drug-likeness (QED) is 0.267. The van der Waals surface area contributed by atoms with E-state index in [1.54, 1.807) is 48.5 Å². The number of carbonyl (C=O) groups excluding carboxylic acids is 4. The highest BCUT2D eigenvalue weighted by Crippen LogP contribution is 2.63. The van der Waals surface area contributed by atoms with Crippen LogP contribution in [0.25, 0.3) is 5.57 Å². The van der Waals surface area contributed by atoms with Gasteiger partial charge in [-0.1, -0.05) is 71.3 Å². The van der Waals surface area contributed by atoms with Gasteiger partial charge in [0.1, 0.15) is 0 Å². The fourth-order valence-electron chi connectivity index (χ4n) is 8.21. The Balaban J connectivity index is 1.28. The molecule has 7 atom stereocenters. The van der Waals surface area contributed by atoms with Gasteiger partial charge in [-0.25, -0.2) is 0 Å². The lowest BCUT2D eigenvalue weighted by Crippen LogP contribution is -2.51. The third-order valence-electron chi connectivity index (χ3n) is 9.80. The van der Waals surface area contributed by atoms with Gasteiger partial charge >= 0.3 is 0 Å². The third-order valence-corrected chi connectivity index (χ3v) is 10.3. The maximum Gasteiger partial charge on any atom is 0.238 e. The Morgan fingerprint density at radius 2 is 1.12 bits per heavy atom. The minimum Gasteiger partial charge on any atom is -0.274 e. The third kappa shape index (κ3) is 3.45. The van der Waals surface area contributed by atoms with Gasteiger partial charge in [-0.05, 0) is 72.0 Å². The fraction of sp³-hybridized carbons (Fsp3) is 0.235. The van der Waals surface area contributed by atoms with Crippen molar-refractivity contribution in [1.82, 2.24) is 0 Å². The molecule has 6 aliphatic rings. The smallest absolute Gasteiger partial charge is 0.238 e. The number of nitrogens with zero attached hydrogens (tertiary/aromatic N) is 2. The molecule has 2 saturated heterocycles. The van der Waals surface area contributed by atoms with Crippen molar-refractivity contribution in [3.8, 4) is 0 Å².